The summed E-state index contributed by atoms with van der Waals surface area (Å²) < 4.78 is 18.6. The lowest BCUT2D eigenvalue weighted by molar-refractivity contribution is 0.0158. The summed E-state index contributed by atoms with van der Waals surface area (Å²) >= 11 is 0. The van der Waals surface area contributed by atoms with Crippen molar-refractivity contribution in [1.82, 2.24) is 24.6 Å². The molecule has 2 fully saturated rings. The van der Waals surface area contributed by atoms with Gasteiger partial charge in [-0.2, -0.15) is 5.10 Å². The van der Waals surface area contributed by atoms with Gasteiger partial charge in [-0.1, -0.05) is 0 Å². The first-order valence-corrected chi connectivity index (χ1v) is 13.8. The molecule has 3 aromatic heterocycles. The highest BCUT2D eigenvalue weighted by molar-refractivity contribution is 5.89. The molecule has 2 aliphatic rings. The van der Waals surface area contributed by atoms with E-state index in [4.69, 9.17) is 24.2 Å². The SMILES string of the molecule is COCOc1cc2nn(C)cc2cc1-c1ccc2nc(N3CCC(N(C(=O)OC(C)(C)C)C4CC4)C3)ccc2n1. The Kier molecular flexibility index (Phi) is 6.74. The summed E-state index contributed by atoms with van der Waals surface area (Å²) in [6.07, 6.45) is 4.76. The average molecular weight is 545 g/mol. The number of carbonyl (C=O) groups excluding carboxylic acids is 1. The number of ether oxygens (including phenoxy) is 3. The second-order valence-electron chi connectivity index (χ2n) is 11.7. The largest absolute Gasteiger partial charge is 0.467 e. The highest BCUT2D eigenvalue weighted by atomic mass is 16.7. The first-order valence-electron chi connectivity index (χ1n) is 13.8. The maximum absolute atomic E-state index is 13.0. The number of methoxy groups -OCH3 is 1. The second-order valence-corrected chi connectivity index (χ2v) is 11.7. The molecule has 0 radical (unpaired) electrons. The van der Waals surface area contributed by atoms with Crippen LogP contribution in [0.4, 0.5) is 10.6 Å². The third kappa shape index (κ3) is 5.40. The van der Waals surface area contributed by atoms with Crippen molar-refractivity contribution in [3.63, 3.8) is 0 Å². The van der Waals surface area contributed by atoms with E-state index in [1.807, 2.05) is 75.3 Å². The zero-order chi connectivity index (χ0) is 28.0. The van der Waals surface area contributed by atoms with Crippen LogP contribution < -0.4 is 9.64 Å². The minimum Gasteiger partial charge on any atom is -0.467 e. The topological polar surface area (TPSA) is 94.8 Å². The number of carbonyl (C=O) groups is 1. The van der Waals surface area contributed by atoms with E-state index in [1.165, 1.54) is 0 Å². The Morgan fingerprint density at radius 3 is 2.55 bits per heavy atom. The van der Waals surface area contributed by atoms with Gasteiger partial charge in [0.25, 0.3) is 0 Å². The summed E-state index contributed by atoms with van der Waals surface area (Å²) in [5, 5.41) is 5.51. The Bertz CT molecular complexity index is 1560. The van der Waals surface area contributed by atoms with Crippen LogP contribution in [0.25, 0.3) is 33.2 Å². The molecule has 1 atom stereocenters. The van der Waals surface area contributed by atoms with Gasteiger partial charge in [0.05, 0.1) is 28.3 Å². The average Bonchev–Trinajstić information content (AvgIpc) is 3.49. The normalized spacial score (nSPS) is 17.5. The fourth-order valence-electron chi connectivity index (χ4n) is 5.38. The van der Waals surface area contributed by atoms with Crippen molar-refractivity contribution in [3.8, 4) is 17.0 Å². The van der Waals surface area contributed by atoms with Gasteiger partial charge in [-0.05, 0) is 70.4 Å². The van der Waals surface area contributed by atoms with Crippen molar-refractivity contribution < 1.29 is 19.0 Å². The zero-order valence-corrected chi connectivity index (χ0v) is 23.8. The van der Waals surface area contributed by atoms with E-state index in [-0.39, 0.29) is 25.0 Å². The Hall–Kier alpha value is -3.92. The Labute approximate surface area is 233 Å². The van der Waals surface area contributed by atoms with Gasteiger partial charge in [0.15, 0.2) is 6.79 Å². The van der Waals surface area contributed by atoms with Crippen LogP contribution in [0.2, 0.25) is 0 Å². The lowest BCUT2D eigenvalue weighted by Gasteiger charge is -2.31. The van der Waals surface area contributed by atoms with E-state index in [0.717, 1.165) is 71.4 Å². The molecule has 0 N–H and O–H groups in total. The number of fused-ring (bicyclic) bond motifs is 2. The fraction of sp³-hybridized carbons (Fsp3) is 0.467. The maximum Gasteiger partial charge on any atom is 0.410 e. The summed E-state index contributed by atoms with van der Waals surface area (Å²) in [4.78, 5) is 27.1. The predicted octanol–water partition coefficient (Wildman–Crippen LogP) is 5.14. The summed E-state index contributed by atoms with van der Waals surface area (Å²) in [7, 11) is 3.50. The van der Waals surface area contributed by atoms with Gasteiger partial charge in [-0.25, -0.2) is 14.8 Å². The van der Waals surface area contributed by atoms with Crippen LogP contribution in [0.3, 0.4) is 0 Å². The first-order chi connectivity index (χ1) is 19.2. The summed E-state index contributed by atoms with van der Waals surface area (Å²) in [5.41, 5.74) is 3.62. The third-order valence-corrected chi connectivity index (χ3v) is 7.28. The van der Waals surface area contributed by atoms with Crippen molar-refractivity contribution in [2.45, 2.75) is 57.7 Å². The van der Waals surface area contributed by atoms with E-state index >= 15 is 0 Å². The summed E-state index contributed by atoms with van der Waals surface area (Å²) in [5.74, 6) is 1.56. The van der Waals surface area contributed by atoms with Crippen LogP contribution >= 0.6 is 0 Å². The van der Waals surface area contributed by atoms with Crippen LogP contribution in [-0.4, -0.2) is 75.4 Å². The van der Waals surface area contributed by atoms with Crippen molar-refractivity contribution in [2.75, 3.05) is 31.9 Å². The number of amides is 1. The van der Waals surface area contributed by atoms with Gasteiger partial charge in [-0.15, -0.1) is 0 Å². The monoisotopic (exact) mass is 544 g/mol. The number of rotatable bonds is 7. The maximum atomic E-state index is 13.0. The van der Waals surface area contributed by atoms with E-state index in [9.17, 15) is 4.79 Å². The third-order valence-electron chi connectivity index (χ3n) is 7.28. The highest BCUT2D eigenvalue weighted by Crippen LogP contribution is 2.36. The molecule has 1 aliphatic heterocycles. The van der Waals surface area contributed by atoms with Crippen LogP contribution in [-0.2, 0) is 16.5 Å². The van der Waals surface area contributed by atoms with E-state index < -0.39 is 5.60 Å². The van der Waals surface area contributed by atoms with Gasteiger partial charge in [0.2, 0.25) is 0 Å². The standard InChI is InChI=1S/C30H36N6O4/c1-30(2,3)40-29(37)36(20-6-7-20)21-12-13-35(17-21)28-11-10-24-25(32-28)9-8-23(31-24)22-14-19-16-34(4)33-26(19)15-27(22)39-18-38-5/h8-11,14-16,20-21H,6-7,12-13,17-18H2,1-5H3. The number of hydrogen-bond donors (Lipinski definition) is 0. The Balaban J connectivity index is 1.24. The van der Waals surface area contributed by atoms with E-state index in [2.05, 4.69) is 10.00 Å². The molecule has 0 spiro atoms. The number of aryl methyl sites for hydroxylation is 1. The molecule has 4 aromatic rings. The molecule has 10 heteroatoms. The molecule has 10 nitrogen and oxygen atoms in total. The molecule has 210 valence electrons. The molecule has 1 aliphatic carbocycles. The number of anilines is 1. The molecule has 4 heterocycles. The summed E-state index contributed by atoms with van der Waals surface area (Å²) in [6.45, 7) is 7.46. The molecular weight excluding hydrogens is 508 g/mol. The van der Waals surface area contributed by atoms with Gasteiger partial charge < -0.3 is 24.0 Å². The summed E-state index contributed by atoms with van der Waals surface area (Å²) in [6, 6.07) is 12.4. The van der Waals surface area contributed by atoms with Crippen LogP contribution in [0.5, 0.6) is 5.75 Å². The van der Waals surface area contributed by atoms with Crippen molar-refractivity contribution >= 4 is 33.8 Å². The molecule has 1 aromatic carbocycles. The van der Waals surface area contributed by atoms with Gasteiger partial charge in [0, 0.05) is 56.5 Å². The number of nitrogens with zero attached hydrogens (tertiary/aromatic N) is 6. The minimum atomic E-state index is -0.505. The second kappa shape index (κ2) is 10.2. The van der Waals surface area contributed by atoms with Crippen LogP contribution in [0.1, 0.15) is 40.0 Å². The minimum absolute atomic E-state index is 0.119. The predicted molar refractivity (Wildman–Crippen MR) is 153 cm³/mol. The lowest BCUT2D eigenvalue weighted by atomic mass is 10.1. The molecule has 1 unspecified atom stereocenters. The van der Waals surface area contributed by atoms with Gasteiger partial charge >= 0.3 is 6.09 Å². The number of aromatic nitrogens is 4. The first kappa shape index (κ1) is 26.3. The molecule has 1 saturated heterocycles. The van der Waals surface area contributed by atoms with Crippen LogP contribution in [0.15, 0.2) is 42.6 Å². The van der Waals surface area contributed by atoms with Crippen molar-refractivity contribution in [3.05, 3.63) is 42.6 Å². The molecule has 40 heavy (non-hydrogen) atoms. The molecule has 0 bridgehead atoms. The quantitative estimate of drug-likeness (QED) is 0.295. The number of pyridine rings is 2. The van der Waals surface area contributed by atoms with E-state index in [0.29, 0.717) is 5.75 Å². The van der Waals surface area contributed by atoms with E-state index in [1.54, 1.807) is 11.8 Å². The smallest absolute Gasteiger partial charge is 0.410 e. The molecule has 1 saturated carbocycles. The van der Waals surface area contributed by atoms with Crippen molar-refractivity contribution in [2.24, 2.45) is 7.05 Å². The van der Waals surface area contributed by atoms with Gasteiger partial charge in [-0.3, -0.25) is 4.68 Å². The molecule has 1 amide bonds. The molecular formula is C30H36N6O4. The fourth-order valence-corrected chi connectivity index (χ4v) is 5.38. The number of hydrogen-bond acceptors (Lipinski definition) is 8. The Morgan fingerprint density at radius 1 is 1.02 bits per heavy atom. The zero-order valence-electron chi connectivity index (χ0n) is 23.8. The van der Waals surface area contributed by atoms with Gasteiger partial charge in [0.1, 0.15) is 17.2 Å². The molecule has 6 rings (SSSR count). The highest BCUT2D eigenvalue weighted by Gasteiger charge is 2.42. The Morgan fingerprint density at radius 2 is 1.80 bits per heavy atom. The number of benzene rings is 1. The lowest BCUT2D eigenvalue weighted by Crippen LogP contribution is -2.46. The van der Waals surface area contributed by atoms with Crippen LogP contribution in [0, 0.1) is 0 Å². The van der Waals surface area contributed by atoms with Crippen molar-refractivity contribution in [1.29, 1.82) is 0 Å².